The number of fused-ring (bicyclic) bond motifs is 1. The third-order valence-corrected chi connectivity index (χ3v) is 3.70. The van der Waals surface area contributed by atoms with Crippen LogP contribution >= 0.6 is 11.3 Å². The van der Waals surface area contributed by atoms with Crippen LogP contribution in [0.1, 0.15) is 26.8 Å². The van der Waals surface area contributed by atoms with Crippen molar-refractivity contribution >= 4 is 28.4 Å². The molecule has 21 heavy (non-hydrogen) atoms. The third-order valence-electron chi connectivity index (χ3n) is 2.87. The smallest absolute Gasteiger partial charge is 0.265 e. The Hall–Kier alpha value is -2.54. The van der Waals surface area contributed by atoms with Gasteiger partial charge in [0, 0.05) is 0 Å². The van der Waals surface area contributed by atoms with Crippen molar-refractivity contribution in [2.24, 2.45) is 5.10 Å². The zero-order valence-electron chi connectivity index (χ0n) is 11.6. The zero-order chi connectivity index (χ0) is 14.8. The van der Waals surface area contributed by atoms with Crippen LogP contribution in [0.3, 0.4) is 0 Å². The second-order valence-corrected chi connectivity index (χ2v) is 5.63. The summed E-state index contributed by atoms with van der Waals surface area (Å²) in [6.45, 7) is 3.66. The number of benzene rings is 1. The molecule has 2 heterocycles. The van der Waals surface area contributed by atoms with Gasteiger partial charge in [0.2, 0.25) is 4.96 Å². The molecule has 6 nitrogen and oxygen atoms in total. The lowest BCUT2D eigenvalue weighted by Gasteiger charge is -1.99. The van der Waals surface area contributed by atoms with Crippen molar-refractivity contribution in [1.29, 1.82) is 0 Å². The molecule has 0 saturated carbocycles. The number of aryl methyl sites for hydroxylation is 2. The van der Waals surface area contributed by atoms with E-state index in [4.69, 9.17) is 0 Å². The van der Waals surface area contributed by atoms with Crippen LogP contribution in [0.15, 0.2) is 35.4 Å². The lowest BCUT2D eigenvalue weighted by atomic mass is 10.2. The highest BCUT2D eigenvalue weighted by molar-refractivity contribution is 7.16. The molecule has 0 aliphatic rings. The Morgan fingerprint density at radius 2 is 2.10 bits per heavy atom. The maximum Gasteiger partial charge on any atom is 0.292 e. The molecule has 0 unspecified atom stereocenters. The number of carbonyl (C=O) groups is 1. The van der Waals surface area contributed by atoms with Gasteiger partial charge in [-0.3, -0.25) is 4.79 Å². The fourth-order valence-electron chi connectivity index (χ4n) is 1.96. The van der Waals surface area contributed by atoms with Gasteiger partial charge in [-0.15, -0.1) is 0 Å². The minimum Gasteiger partial charge on any atom is -0.265 e. The first-order chi connectivity index (χ1) is 10.1. The molecule has 3 rings (SSSR count). The van der Waals surface area contributed by atoms with Gasteiger partial charge < -0.3 is 0 Å². The molecule has 0 aliphatic carbocycles. The molecule has 0 bridgehead atoms. The summed E-state index contributed by atoms with van der Waals surface area (Å²) in [4.78, 5) is 17.3. The van der Waals surface area contributed by atoms with Gasteiger partial charge in [-0.25, -0.2) is 10.4 Å². The first-order valence-electron chi connectivity index (χ1n) is 6.36. The molecule has 106 valence electrons. The summed E-state index contributed by atoms with van der Waals surface area (Å²) in [5, 5.41) is 9.10. The number of hydrogen-bond acceptors (Lipinski definition) is 5. The highest BCUT2D eigenvalue weighted by atomic mass is 32.1. The van der Waals surface area contributed by atoms with Gasteiger partial charge in [0.15, 0.2) is 5.69 Å². The van der Waals surface area contributed by atoms with E-state index in [0.29, 0.717) is 16.3 Å². The van der Waals surface area contributed by atoms with Crippen molar-refractivity contribution in [3.8, 4) is 0 Å². The van der Waals surface area contributed by atoms with E-state index in [1.54, 1.807) is 17.7 Å². The van der Waals surface area contributed by atoms with E-state index < -0.39 is 0 Å². The average Bonchev–Trinajstić information content (AvgIpc) is 2.94. The molecule has 3 aromatic rings. The Morgan fingerprint density at radius 1 is 1.33 bits per heavy atom. The fourth-order valence-corrected chi connectivity index (χ4v) is 2.75. The van der Waals surface area contributed by atoms with Crippen LogP contribution in [-0.2, 0) is 0 Å². The standard InChI is InChI=1S/C14H13N5OS/c1-9-12(19-14(16-9)21-10(2)18-19)13(20)17-15-8-11-6-4-3-5-7-11/h3-8H,1-2H3,(H,17,20)/b15-8+. The Bertz CT molecular complexity index is 819. The topological polar surface area (TPSA) is 71.7 Å². The van der Waals surface area contributed by atoms with Crippen molar-refractivity contribution in [1.82, 2.24) is 20.0 Å². The van der Waals surface area contributed by atoms with Crippen LogP contribution < -0.4 is 5.43 Å². The molecular weight excluding hydrogens is 286 g/mol. The molecular formula is C14H13N5OS. The van der Waals surface area contributed by atoms with Crippen LogP contribution in [0.25, 0.3) is 4.96 Å². The summed E-state index contributed by atoms with van der Waals surface area (Å²) in [6, 6.07) is 9.55. The van der Waals surface area contributed by atoms with Gasteiger partial charge in [0.05, 0.1) is 11.9 Å². The summed E-state index contributed by atoms with van der Waals surface area (Å²) in [5.74, 6) is -0.322. The Balaban J connectivity index is 1.81. The molecule has 0 radical (unpaired) electrons. The van der Waals surface area contributed by atoms with Gasteiger partial charge in [-0.05, 0) is 19.4 Å². The second kappa shape index (κ2) is 5.45. The van der Waals surface area contributed by atoms with Gasteiger partial charge in [0.25, 0.3) is 5.91 Å². The number of hydrazone groups is 1. The van der Waals surface area contributed by atoms with Crippen LogP contribution in [0, 0.1) is 13.8 Å². The second-order valence-electron chi connectivity index (χ2n) is 4.47. The number of nitrogens with one attached hydrogen (secondary N) is 1. The van der Waals surface area contributed by atoms with Crippen LogP contribution in [0.2, 0.25) is 0 Å². The monoisotopic (exact) mass is 299 g/mol. The minimum absolute atomic E-state index is 0.322. The molecule has 1 N–H and O–H groups in total. The number of hydrogen-bond donors (Lipinski definition) is 1. The number of amides is 1. The molecule has 0 aliphatic heterocycles. The van der Waals surface area contributed by atoms with E-state index in [1.807, 2.05) is 37.3 Å². The van der Waals surface area contributed by atoms with E-state index in [0.717, 1.165) is 10.6 Å². The summed E-state index contributed by atoms with van der Waals surface area (Å²) < 4.78 is 1.56. The Labute approximate surface area is 125 Å². The largest absolute Gasteiger partial charge is 0.292 e. The molecule has 0 saturated heterocycles. The van der Waals surface area contributed by atoms with Gasteiger partial charge in [-0.1, -0.05) is 41.7 Å². The first kappa shape index (κ1) is 13.4. The number of nitrogens with zero attached hydrogens (tertiary/aromatic N) is 4. The SMILES string of the molecule is Cc1nn2c(C(=O)N/N=C/c3ccccc3)c(C)nc2s1. The van der Waals surface area contributed by atoms with Crippen molar-refractivity contribution in [3.63, 3.8) is 0 Å². The summed E-state index contributed by atoms with van der Waals surface area (Å²) >= 11 is 1.45. The number of aromatic nitrogens is 3. The van der Waals surface area contributed by atoms with Crippen molar-refractivity contribution in [2.45, 2.75) is 13.8 Å². The highest BCUT2D eigenvalue weighted by Crippen LogP contribution is 2.17. The van der Waals surface area contributed by atoms with Crippen LogP contribution in [0.5, 0.6) is 0 Å². The third kappa shape index (κ3) is 2.68. The van der Waals surface area contributed by atoms with Crippen molar-refractivity contribution in [2.75, 3.05) is 0 Å². The lowest BCUT2D eigenvalue weighted by molar-refractivity contribution is 0.0947. The van der Waals surface area contributed by atoms with E-state index >= 15 is 0 Å². The Morgan fingerprint density at radius 3 is 2.86 bits per heavy atom. The van der Waals surface area contributed by atoms with Gasteiger partial charge in [0.1, 0.15) is 5.01 Å². The predicted molar refractivity (Wildman–Crippen MR) is 81.8 cm³/mol. The number of imidazole rings is 1. The summed E-state index contributed by atoms with van der Waals surface area (Å²) in [5.41, 5.74) is 4.48. The molecule has 0 fully saturated rings. The molecule has 1 aromatic carbocycles. The predicted octanol–water partition coefficient (Wildman–Crippen LogP) is 2.17. The van der Waals surface area contributed by atoms with E-state index in [2.05, 4.69) is 20.6 Å². The number of rotatable bonds is 3. The number of carbonyl (C=O) groups excluding carboxylic acids is 1. The van der Waals surface area contributed by atoms with Crippen LogP contribution in [-0.4, -0.2) is 26.7 Å². The highest BCUT2D eigenvalue weighted by Gasteiger charge is 2.18. The molecule has 2 aromatic heterocycles. The van der Waals surface area contributed by atoms with Gasteiger partial charge >= 0.3 is 0 Å². The molecule has 0 spiro atoms. The van der Waals surface area contributed by atoms with E-state index in [9.17, 15) is 4.79 Å². The van der Waals surface area contributed by atoms with Crippen molar-refractivity contribution in [3.05, 3.63) is 52.3 Å². The maximum absolute atomic E-state index is 12.2. The average molecular weight is 299 g/mol. The van der Waals surface area contributed by atoms with E-state index in [-0.39, 0.29) is 5.91 Å². The minimum atomic E-state index is -0.322. The molecule has 7 heteroatoms. The maximum atomic E-state index is 12.2. The Kier molecular flexibility index (Phi) is 3.49. The zero-order valence-corrected chi connectivity index (χ0v) is 12.4. The summed E-state index contributed by atoms with van der Waals surface area (Å²) in [7, 11) is 0. The van der Waals surface area contributed by atoms with Crippen molar-refractivity contribution < 1.29 is 4.79 Å². The fraction of sp³-hybridized carbons (Fsp3) is 0.143. The first-order valence-corrected chi connectivity index (χ1v) is 7.18. The van der Waals surface area contributed by atoms with Crippen LogP contribution in [0.4, 0.5) is 0 Å². The molecule has 0 atom stereocenters. The lowest BCUT2D eigenvalue weighted by Crippen LogP contribution is -2.20. The van der Waals surface area contributed by atoms with E-state index in [1.165, 1.54) is 11.3 Å². The quantitative estimate of drug-likeness (QED) is 0.595. The normalized spacial score (nSPS) is 11.3. The van der Waals surface area contributed by atoms with Gasteiger partial charge in [-0.2, -0.15) is 14.7 Å². The summed E-state index contributed by atoms with van der Waals surface area (Å²) in [6.07, 6.45) is 1.60. The molecule has 1 amide bonds.